The molecule has 0 aliphatic carbocycles. The lowest BCUT2D eigenvalue weighted by Gasteiger charge is -2.08. The Morgan fingerprint density at radius 2 is 2.16 bits per heavy atom. The number of benzene rings is 1. The van der Waals surface area contributed by atoms with Crippen molar-refractivity contribution in [3.8, 4) is 5.75 Å². The summed E-state index contributed by atoms with van der Waals surface area (Å²) >= 11 is 4.86. The smallest absolute Gasteiger partial charge is 0.202 e. The Hall–Kier alpha value is -1.17. The van der Waals surface area contributed by atoms with Crippen molar-refractivity contribution in [2.45, 2.75) is 0 Å². The number of hydrogen-bond acceptors (Lipinski definition) is 4. The predicted octanol–water partition coefficient (Wildman–Crippen LogP) is 3.77. The van der Waals surface area contributed by atoms with Gasteiger partial charge in [-0.05, 0) is 45.6 Å². The van der Waals surface area contributed by atoms with E-state index in [0.29, 0.717) is 24.5 Å². The maximum Gasteiger partial charge on any atom is 0.202 e. The van der Waals surface area contributed by atoms with E-state index in [9.17, 15) is 4.79 Å². The number of halogens is 1. The van der Waals surface area contributed by atoms with Crippen molar-refractivity contribution in [1.82, 2.24) is 0 Å². The average Bonchev–Trinajstić information content (AvgIpc) is 2.94. The minimum Gasteiger partial charge on any atom is -0.490 e. The van der Waals surface area contributed by atoms with Gasteiger partial charge in [0.15, 0.2) is 0 Å². The molecule has 0 atom stereocenters. The van der Waals surface area contributed by atoms with Crippen LogP contribution in [0.5, 0.6) is 5.75 Å². The van der Waals surface area contributed by atoms with E-state index in [1.165, 1.54) is 11.3 Å². The van der Waals surface area contributed by atoms with Gasteiger partial charge in [0.1, 0.15) is 12.4 Å². The van der Waals surface area contributed by atoms with E-state index < -0.39 is 0 Å². The van der Waals surface area contributed by atoms with E-state index in [-0.39, 0.29) is 5.78 Å². The Morgan fingerprint density at radius 3 is 2.79 bits per heavy atom. The SMILES string of the molecule is COCCOc1ccc(C(=O)c2cccs2)cc1Br. The summed E-state index contributed by atoms with van der Waals surface area (Å²) in [7, 11) is 1.63. The number of ether oxygens (including phenoxy) is 2. The quantitative estimate of drug-likeness (QED) is 0.593. The lowest BCUT2D eigenvalue weighted by atomic mass is 10.1. The molecule has 0 bridgehead atoms. The van der Waals surface area contributed by atoms with Crippen LogP contribution in [-0.2, 0) is 4.74 Å². The van der Waals surface area contributed by atoms with Crippen molar-refractivity contribution in [1.29, 1.82) is 0 Å². The zero-order valence-electron chi connectivity index (χ0n) is 10.4. The molecule has 0 amide bonds. The van der Waals surface area contributed by atoms with Gasteiger partial charge in [0.05, 0.1) is 16.0 Å². The predicted molar refractivity (Wildman–Crippen MR) is 79.3 cm³/mol. The molecule has 1 heterocycles. The molecule has 1 aromatic carbocycles. The number of rotatable bonds is 6. The van der Waals surface area contributed by atoms with Gasteiger partial charge in [0, 0.05) is 12.7 Å². The standard InChI is InChI=1S/C14H13BrO3S/c1-17-6-7-18-12-5-4-10(9-11(12)15)14(16)13-3-2-8-19-13/h2-5,8-9H,6-7H2,1H3. The van der Waals surface area contributed by atoms with Crippen molar-refractivity contribution >= 4 is 33.0 Å². The van der Waals surface area contributed by atoms with Crippen LogP contribution in [0.1, 0.15) is 15.2 Å². The third kappa shape index (κ3) is 3.65. The summed E-state index contributed by atoms with van der Waals surface area (Å²) in [6, 6.07) is 9.04. The topological polar surface area (TPSA) is 35.5 Å². The van der Waals surface area contributed by atoms with Gasteiger partial charge in [-0.3, -0.25) is 4.79 Å². The van der Waals surface area contributed by atoms with Gasteiger partial charge >= 0.3 is 0 Å². The van der Waals surface area contributed by atoms with Crippen molar-refractivity contribution in [3.63, 3.8) is 0 Å². The van der Waals surface area contributed by atoms with E-state index in [0.717, 1.165) is 9.35 Å². The molecule has 1 aromatic heterocycles. The molecule has 0 spiro atoms. The molecule has 0 saturated carbocycles. The molecule has 2 rings (SSSR count). The fraction of sp³-hybridized carbons (Fsp3) is 0.214. The molecule has 5 heteroatoms. The first-order chi connectivity index (χ1) is 9.22. The van der Waals surface area contributed by atoms with Crippen LogP contribution in [0.4, 0.5) is 0 Å². The molecule has 19 heavy (non-hydrogen) atoms. The third-order valence-corrected chi connectivity index (χ3v) is 3.97. The molecule has 0 aliphatic heterocycles. The average molecular weight is 341 g/mol. The normalized spacial score (nSPS) is 10.4. The summed E-state index contributed by atoms with van der Waals surface area (Å²) < 4.78 is 11.2. The maximum atomic E-state index is 12.2. The molecular formula is C14H13BrO3S. The summed E-state index contributed by atoms with van der Waals surface area (Å²) in [6.07, 6.45) is 0. The molecule has 0 unspecified atom stereocenters. The fourth-order valence-corrected chi connectivity index (χ4v) is 2.72. The highest BCUT2D eigenvalue weighted by Gasteiger charge is 2.12. The van der Waals surface area contributed by atoms with Gasteiger partial charge in [-0.25, -0.2) is 0 Å². The number of ketones is 1. The molecule has 0 fully saturated rings. The van der Waals surface area contributed by atoms with Crippen LogP contribution in [-0.4, -0.2) is 26.1 Å². The lowest BCUT2D eigenvalue weighted by molar-refractivity contribution is 0.104. The van der Waals surface area contributed by atoms with Gasteiger partial charge in [-0.1, -0.05) is 6.07 Å². The zero-order chi connectivity index (χ0) is 13.7. The van der Waals surface area contributed by atoms with E-state index in [4.69, 9.17) is 9.47 Å². The van der Waals surface area contributed by atoms with Crippen LogP contribution in [0.25, 0.3) is 0 Å². The molecule has 2 aromatic rings. The Balaban J connectivity index is 2.12. The molecule has 100 valence electrons. The zero-order valence-corrected chi connectivity index (χ0v) is 12.8. The number of thiophene rings is 1. The number of methoxy groups -OCH3 is 1. The maximum absolute atomic E-state index is 12.2. The van der Waals surface area contributed by atoms with Gasteiger partial charge in [0.2, 0.25) is 5.78 Å². The van der Waals surface area contributed by atoms with Crippen LogP contribution in [0.15, 0.2) is 40.2 Å². The minimum absolute atomic E-state index is 0.0270. The highest BCUT2D eigenvalue weighted by Crippen LogP contribution is 2.27. The summed E-state index contributed by atoms with van der Waals surface area (Å²) in [6.45, 7) is 1.01. The van der Waals surface area contributed by atoms with Gasteiger partial charge in [0.25, 0.3) is 0 Å². The minimum atomic E-state index is 0.0270. The lowest BCUT2D eigenvalue weighted by Crippen LogP contribution is -2.05. The molecule has 3 nitrogen and oxygen atoms in total. The second-order valence-electron chi connectivity index (χ2n) is 3.79. The second-order valence-corrected chi connectivity index (χ2v) is 5.59. The van der Waals surface area contributed by atoms with Crippen molar-refractivity contribution < 1.29 is 14.3 Å². The first-order valence-electron chi connectivity index (χ1n) is 5.72. The van der Waals surface area contributed by atoms with Gasteiger partial charge in [-0.2, -0.15) is 0 Å². The summed E-state index contributed by atoms with van der Waals surface area (Å²) in [5.74, 6) is 0.735. The van der Waals surface area contributed by atoms with Crippen molar-refractivity contribution in [3.05, 3.63) is 50.6 Å². The Bertz CT molecular complexity index is 552. The molecule has 0 radical (unpaired) electrons. The van der Waals surface area contributed by atoms with E-state index in [1.54, 1.807) is 25.3 Å². The third-order valence-electron chi connectivity index (χ3n) is 2.48. The first-order valence-corrected chi connectivity index (χ1v) is 7.39. The fourth-order valence-electron chi connectivity index (χ4n) is 1.54. The van der Waals surface area contributed by atoms with E-state index >= 15 is 0 Å². The number of carbonyl (C=O) groups excluding carboxylic acids is 1. The van der Waals surface area contributed by atoms with Crippen molar-refractivity contribution in [2.24, 2.45) is 0 Å². The van der Waals surface area contributed by atoms with Crippen LogP contribution >= 0.6 is 27.3 Å². The monoisotopic (exact) mass is 340 g/mol. The summed E-state index contributed by atoms with van der Waals surface area (Å²) in [5.41, 5.74) is 0.647. The van der Waals surface area contributed by atoms with Crippen LogP contribution < -0.4 is 4.74 Å². The van der Waals surface area contributed by atoms with Crippen LogP contribution in [0.2, 0.25) is 0 Å². The molecular weight excluding hydrogens is 328 g/mol. The first kappa shape index (κ1) is 14.2. The molecule has 0 saturated heterocycles. The number of hydrogen-bond donors (Lipinski definition) is 0. The van der Waals surface area contributed by atoms with Gasteiger partial charge < -0.3 is 9.47 Å². The van der Waals surface area contributed by atoms with Crippen molar-refractivity contribution in [2.75, 3.05) is 20.3 Å². The van der Waals surface area contributed by atoms with E-state index in [2.05, 4.69) is 15.9 Å². The molecule has 0 aliphatic rings. The second kappa shape index (κ2) is 6.84. The Labute approximate surface area is 124 Å². The Morgan fingerprint density at radius 1 is 1.32 bits per heavy atom. The Kier molecular flexibility index (Phi) is 5.13. The summed E-state index contributed by atoms with van der Waals surface area (Å²) in [4.78, 5) is 12.9. The highest BCUT2D eigenvalue weighted by molar-refractivity contribution is 9.10. The van der Waals surface area contributed by atoms with Crippen LogP contribution in [0.3, 0.4) is 0 Å². The number of carbonyl (C=O) groups is 1. The van der Waals surface area contributed by atoms with Gasteiger partial charge in [-0.15, -0.1) is 11.3 Å². The molecule has 0 N–H and O–H groups in total. The largest absolute Gasteiger partial charge is 0.490 e. The summed E-state index contributed by atoms with van der Waals surface area (Å²) in [5, 5.41) is 1.89. The highest BCUT2D eigenvalue weighted by atomic mass is 79.9. The van der Waals surface area contributed by atoms with E-state index in [1.807, 2.05) is 17.5 Å². The van der Waals surface area contributed by atoms with Crippen LogP contribution in [0, 0.1) is 0 Å².